The maximum atomic E-state index is 12.5. The zero-order valence-corrected chi connectivity index (χ0v) is 16.7. The number of carbonyl (C=O) groups excluding carboxylic acids is 1. The largest absolute Gasteiger partial charge is 0.390 e. The second kappa shape index (κ2) is 9.09. The number of oxime groups is 1. The number of nitrogens with one attached hydrogen (secondary N) is 1. The minimum absolute atomic E-state index is 0.0627. The van der Waals surface area contributed by atoms with Crippen molar-refractivity contribution in [3.63, 3.8) is 0 Å². The van der Waals surface area contributed by atoms with Gasteiger partial charge in [-0.25, -0.2) is 4.79 Å². The van der Waals surface area contributed by atoms with Crippen molar-refractivity contribution in [2.45, 2.75) is 31.9 Å². The fraction of sp³-hybridized carbons (Fsp3) is 0.391. The number of carbonyl (C=O) groups is 1. The van der Waals surface area contributed by atoms with Crippen molar-refractivity contribution in [1.29, 1.82) is 0 Å². The van der Waals surface area contributed by atoms with Crippen LogP contribution < -0.4 is 5.32 Å². The molecule has 0 unspecified atom stereocenters. The molecule has 4 rings (SSSR count). The molecule has 1 saturated heterocycles. The van der Waals surface area contributed by atoms with Crippen LogP contribution in [-0.4, -0.2) is 55.1 Å². The summed E-state index contributed by atoms with van der Waals surface area (Å²) in [5.74, 6) is 0. The van der Waals surface area contributed by atoms with Crippen molar-refractivity contribution < 1.29 is 14.4 Å². The van der Waals surface area contributed by atoms with Gasteiger partial charge in [0.25, 0.3) is 0 Å². The molecule has 2 aromatic carbocycles. The molecule has 152 valence electrons. The van der Waals surface area contributed by atoms with Crippen molar-refractivity contribution >= 4 is 11.7 Å². The third kappa shape index (κ3) is 4.77. The van der Waals surface area contributed by atoms with Gasteiger partial charge >= 0.3 is 6.03 Å². The quantitative estimate of drug-likeness (QED) is 0.862. The Balaban J connectivity index is 1.29. The molecule has 0 saturated carbocycles. The minimum Gasteiger partial charge on any atom is -0.390 e. The smallest absolute Gasteiger partial charge is 0.317 e. The summed E-state index contributed by atoms with van der Waals surface area (Å²) in [4.78, 5) is 19.9. The molecule has 0 spiro atoms. The lowest BCUT2D eigenvalue weighted by molar-refractivity contribution is 0.0839. The SMILES string of the molecule is C[C@H]1CCOCCN1C(=O)NC[C@@H]1CC(c2ccc(-c3ccccc3)cc2)=NO1. The molecule has 2 aromatic rings. The van der Waals surface area contributed by atoms with Crippen molar-refractivity contribution in [3.05, 3.63) is 60.2 Å². The van der Waals surface area contributed by atoms with E-state index in [4.69, 9.17) is 9.57 Å². The van der Waals surface area contributed by atoms with Crippen LogP contribution >= 0.6 is 0 Å². The van der Waals surface area contributed by atoms with E-state index in [1.165, 1.54) is 11.1 Å². The number of hydrogen-bond acceptors (Lipinski definition) is 4. The number of amides is 2. The predicted molar refractivity (Wildman–Crippen MR) is 113 cm³/mol. The molecule has 29 heavy (non-hydrogen) atoms. The van der Waals surface area contributed by atoms with Gasteiger partial charge in [-0.1, -0.05) is 59.8 Å². The van der Waals surface area contributed by atoms with Gasteiger partial charge in [0.2, 0.25) is 0 Å². The van der Waals surface area contributed by atoms with Crippen LogP contribution in [0.3, 0.4) is 0 Å². The van der Waals surface area contributed by atoms with Gasteiger partial charge in [-0.15, -0.1) is 0 Å². The Bertz CT molecular complexity index is 851. The van der Waals surface area contributed by atoms with Crippen LogP contribution in [0, 0.1) is 0 Å². The number of hydrogen-bond donors (Lipinski definition) is 1. The maximum Gasteiger partial charge on any atom is 0.317 e. The highest BCUT2D eigenvalue weighted by molar-refractivity contribution is 6.01. The molecule has 6 nitrogen and oxygen atoms in total. The Morgan fingerprint density at radius 2 is 1.79 bits per heavy atom. The summed E-state index contributed by atoms with van der Waals surface area (Å²) in [7, 11) is 0. The lowest BCUT2D eigenvalue weighted by Gasteiger charge is -2.27. The van der Waals surface area contributed by atoms with Crippen molar-refractivity contribution in [2.24, 2.45) is 5.16 Å². The monoisotopic (exact) mass is 393 g/mol. The number of rotatable bonds is 4. The molecule has 2 atom stereocenters. The molecule has 0 aliphatic carbocycles. The van der Waals surface area contributed by atoms with Gasteiger partial charge in [-0.3, -0.25) is 0 Å². The Kier molecular flexibility index (Phi) is 6.10. The zero-order chi connectivity index (χ0) is 20.1. The number of benzene rings is 2. The van der Waals surface area contributed by atoms with E-state index in [0.29, 0.717) is 32.7 Å². The van der Waals surface area contributed by atoms with Crippen molar-refractivity contribution in [3.8, 4) is 11.1 Å². The minimum atomic E-state index is -0.138. The molecule has 0 bridgehead atoms. The van der Waals surface area contributed by atoms with Crippen LogP contribution in [0.5, 0.6) is 0 Å². The van der Waals surface area contributed by atoms with E-state index in [1.54, 1.807) is 0 Å². The second-order valence-electron chi connectivity index (χ2n) is 7.54. The first kappa shape index (κ1) is 19.5. The van der Waals surface area contributed by atoms with Gasteiger partial charge < -0.3 is 19.8 Å². The summed E-state index contributed by atoms with van der Waals surface area (Å²) in [6.45, 7) is 4.41. The third-order valence-corrected chi connectivity index (χ3v) is 5.49. The van der Waals surface area contributed by atoms with E-state index >= 15 is 0 Å². The molecule has 2 aliphatic rings. The standard InChI is InChI=1S/C23H27N3O3/c1-17-11-13-28-14-12-26(17)23(27)24-16-21-15-22(25-29-21)20-9-7-19(8-10-20)18-5-3-2-4-6-18/h2-10,17,21H,11-16H2,1H3,(H,24,27)/t17-,21-/m0/s1. The molecule has 2 aliphatic heterocycles. The summed E-state index contributed by atoms with van der Waals surface area (Å²) >= 11 is 0. The molecular formula is C23H27N3O3. The topological polar surface area (TPSA) is 63.2 Å². The van der Waals surface area contributed by atoms with Gasteiger partial charge in [0.05, 0.1) is 18.9 Å². The molecule has 2 amide bonds. The van der Waals surface area contributed by atoms with Gasteiger partial charge in [0.1, 0.15) is 0 Å². The molecule has 0 aromatic heterocycles. The van der Waals surface area contributed by atoms with Crippen LogP contribution in [0.25, 0.3) is 11.1 Å². The fourth-order valence-corrected chi connectivity index (χ4v) is 3.69. The Morgan fingerprint density at radius 1 is 1.07 bits per heavy atom. The fourth-order valence-electron chi connectivity index (χ4n) is 3.69. The van der Waals surface area contributed by atoms with Crippen molar-refractivity contribution in [1.82, 2.24) is 10.2 Å². The molecule has 1 N–H and O–H groups in total. The Labute approximate surface area is 171 Å². The highest BCUT2D eigenvalue weighted by Gasteiger charge is 2.26. The summed E-state index contributed by atoms with van der Waals surface area (Å²) in [6.07, 6.45) is 1.41. The van der Waals surface area contributed by atoms with Crippen LogP contribution in [0.15, 0.2) is 59.8 Å². The van der Waals surface area contributed by atoms with Gasteiger partial charge in [-0.05, 0) is 30.0 Å². The first-order chi connectivity index (χ1) is 14.2. The van der Waals surface area contributed by atoms with E-state index < -0.39 is 0 Å². The normalized spacial score (nSPS) is 21.8. The number of urea groups is 1. The maximum absolute atomic E-state index is 12.5. The van der Waals surface area contributed by atoms with Crippen LogP contribution in [0.4, 0.5) is 4.79 Å². The van der Waals surface area contributed by atoms with Crippen LogP contribution in [-0.2, 0) is 9.57 Å². The lowest BCUT2D eigenvalue weighted by Crippen LogP contribution is -2.47. The summed E-state index contributed by atoms with van der Waals surface area (Å²) < 4.78 is 5.46. The third-order valence-electron chi connectivity index (χ3n) is 5.49. The molecule has 1 fully saturated rings. The molecule has 0 radical (unpaired) electrons. The average molecular weight is 393 g/mol. The van der Waals surface area contributed by atoms with Crippen LogP contribution in [0.1, 0.15) is 25.3 Å². The van der Waals surface area contributed by atoms with E-state index in [-0.39, 0.29) is 18.2 Å². The van der Waals surface area contributed by atoms with E-state index in [2.05, 4.69) is 53.8 Å². The first-order valence-corrected chi connectivity index (χ1v) is 10.2. The Hall–Kier alpha value is -2.86. The predicted octanol–water partition coefficient (Wildman–Crippen LogP) is 3.67. The Morgan fingerprint density at radius 3 is 2.59 bits per heavy atom. The summed E-state index contributed by atoms with van der Waals surface area (Å²) in [5, 5.41) is 7.23. The van der Waals surface area contributed by atoms with Gasteiger partial charge in [0.15, 0.2) is 6.10 Å². The second-order valence-corrected chi connectivity index (χ2v) is 7.54. The van der Waals surface area contributed by atoms with Gasteiger partial charge in [-0.2, -0.15) is 0 Å². The van der Waals surface area contributed by atoms with Crippen LogP contribution in [0.2, 0.25) is 0 Å². The first-order valence-electron chi connectivity index (χ1n) is 10.2. The lowest BCUT2D eigenvalue weighted by atomic mass is 10.0. The summed E-state index contributed by atoms with van der Waals surface area (Å²) in [6, 6.07) is 18.8. The highest BCUT2D eigenvalue weighted by atomic mass is 16.6. The zero-order valence-electron chi connectivity index (χ0n) is 16.7. The molecule has 6 heteroatoms. The molecule has 2 heterocycles. The van der Waals surface area contributed by atoms with Crippen molar-refractivity contribution in [2.75, 3.05) is 26.3 Å². The highest BCUT2D eigenvalue weighted by Crippen LogP contribution is 2.22. The summed E-state index contributed by atoms with van der Waals surface area (Å²) in [5.41, 5.74) is 4.34. The number of nitrogens with zero attached hydrogens (tertiary/aromatic N) is 2. The molecular weight excluding hydrogens is 366 g/mol. The van der Waals surface area contributed by atoms with Gasteiger partial charge in [0, 0.05) is 25.6 Å². The van der Waals surface area contributed by atoms with E-state index in [9.17, 15) is 4.79 Å². The average Bonchev–Trinajstić information content (AvgIpc) is 3.14. The van der Waals surface area contributed by atoms with E-state index in [0.717, 1.165) is 17.7 Å². The number of ether oxygens (including phenoxy) is 1. The van der Waals surface area contributed by atoms with E-state index in [1.807, 2.05) is 23.1 Å².